The molecule has 0 saturated heterocycles. The highest BCUT2D eigenvalue weighted by atomic mass is 15.0. The van der Waals surface area contributed by atoms with E-state index in [0.717, 1.165) is 17.9 Å². The monoisotopic (exact) mass is 144 g/mol. The summed E-state index contributed by atoms with van der Waals surface area (Å²) >= 11 is 0. The van der Waals surface area contributed by atoms with Crippen LogP contribution in [0.2, 0.25) is 0 Å². The lowest BCUT2D eigenvalue weighted by Crippen LogP contribution is -1.91. The second kappa shape index (κ2) is 2.66. The number of hydrogen-bond acceptors (Lipinski definition) is 2. The minimum Gasteiger partial charge on any atom is -0.260 e. The average molecular weight is 144 g/mol. The molecule has 54 valence electrons. The largest absolute Gasteiger partial charge is 0.260 e. The zero-order valence-electron chi connectivity index (χ0n) is 6.07. The van der Waals surface area contributed by atoms with E-state index < -0.39 is 0 Å². The van der Waals surface area contributed by atoms with Crippen molar-refractivity contribution in [3.8, 4) is 0 Å². The van der Waals surface area contributed by atoms with Crippen molar-refractivity contribution in [1.82, 2.24) is 0 Å². The van der Waals surface area contributed by atoms with Gasteiger partial charge in [0.2, 0.25) is 0 Å². The molecule has 1 aromatic rings. The molecule has 0 N–H and O–H groups in total. The third kappa shape index (κ3) is 1.19. The minimum absolute atomic E-state index is 0.726. The first-order chi connectivity index (χ1) is 5.47. The smallest absolute Gasteiger partial charge is 0.154 e. The van der Waals surface area contributed by atoms with Crippen LogP contribution in [0.1, 0.15) is 5.56 Å². The Morgan fingerprint density at radius 1 is 1.09 bits per heavy atom. The van der Waals surface area contributed by atoms with Gasteiger partial charge in [-0.25, -0.2) is 4.99 Å². The molecule has 2 rings (SSSR count). The van der Waals surface area contributed by atoms with Gasteiger partial charge in [-0.15, -0.1) is 0 Å². The molecule has 11 heavy (non-hydrogen) atoms. The van der Waals surface area contributed by atoms with Crippen molar-refractivity contribution in [2.45, 2.75) is 0 Å². The van der Waals surface area contributed by atoms with Gasteiger partial charge in [-0.1, -0.05) is 30.3 Å². The van der Waals surface area contributed by atoms with E-state index in [-0.39, 0.29) is 0 Å². The van der Waals surface area contributed by atoms with Gasteiger partial charge >= 0.3 is 0 Å². The molecular formula is C9H8N2. The Bertz CT molecular complexity index is 299. The van der Waals surface area contributed by atoms with E-state index in [1.54, 1.807) is 0 Å². The third-order valence-corrected chi connectivity index (χ3v) is 1.57. The van der Waals surface area contributed by atoms with Gasteiger partial charge in [-0.3, -0.25) is 4.99 Å². The molecule has 0 fully saturated rings. The molecule has 0 amide bonds. The Kier molecular flexibility index (Phi) is 1.52. The van der Waals surface area contributed by atoms with E-state index in [2.05, 4.69) is 9.98 Å². The van der Waals surface area contributed by atoms with Gasteiger partial charge in [0.1, 0.15) is 0 Å². The Morgan fingerprint density at radius 3 is 2.55 bits per heavy atom. The second-order valence-electron chi connectivity index (χ2n) is 2.34. The molecule has 2 nitrogen and oxygen atoms in total. The lowest BCUT2D eigenvalue weighted by Gasteiger charge is -1.94. The van der Waals surface area contributed by atoms with Crippen molar-refractivity contribution in [3.05, 3.63) is 35.9 Å². The fourth-order valence-corrected chi connectivity index (χ4v) is 1.05. The van der Waals surface area contributed by atoms with Crippen molar-refractivity contribution in [3.63, 3.8) is 0 Å². The summed E-state index contributed by atoms with van der Waals surface area (Å²) in [6, 6.07) is 10.0. The number of benzene rings is 1. The van der Waals surface area contributed by atoms with Crippen molar-refractivity contribution < 1.29 is 0 Å². The molecule has 1 aliphatic rings. The van der Waals surface area contributed by atoms with Crippen LogP contribution in [-0.2, 0) is 0 Å². The highest BCUT2D eigenvalue weighted by Crippen LogP contribution is 2.04. The van der Waals surface area contributed by atoms with E-state index in [1.165, 1.54) is 0 Å². The molecule has 0 unspecified atom stereocenters. The van der Waals surface area contributed by atoms with Gasteiger partial charge in [0.25, 0.3) is 0 Å². The maximum atomic E-state index is 4.20. The molecule has 0 saturated carbocycles. The molecular weight excluding hydrogens is 136 g/mol. The molecule has 0 radical (unpaired) electrons. The van der Waals surface area contributed by atoms with E-state index in [0.29, 0.717) is 0 Å². The van der Waals surface area contributed by atoms with Crippen molar-refractivity contribution >= 4 is 12.1 Å². The minimum atomic E-state index is 0.726. The zero-order chi connectivity index (χ0) is 7.52. The first kappa shape index (κ1) is 6.28. The highest BCUT2D eigenvalue weighted by molar-refractivity contribution is 6.06. The second-order valence-corrected chi connectivity index (χ2v) is 2.34. The zero-order valence-corrected chi connectivity index (χ0v) is 6.07. The maximum absolute atomic E-state index is 4.20. The van der Waals surface area contributed by atoms with Crippen molar-refractivity contribution in [2.24, 2.45) is 9.98 Å². The maximum Gasteiger partial charge on any atom is 0.154 e. The Morgan fingerprint density at radius 2 is 1.91 bits per heavy atom. The van der Waals surface area contributed by atoms with Gasteiger partial charge < -0.3 is 0 Å². The first-order valence-corrected chi connectivity index (χ1v) is 3.59. The number of rotatable bonds is 1. The van der Waals surface area contributed by atoms with Gasteiger partial charge in [-0.05, 0) is 0 Å². The quantitative estimate of drug-likeness (QED) is 0.571. The summed E-state index contributed by atoms with van der Waals surface area (Å²) in [5.41, 5.74) is 1.10. The number of amidine groups is 1. The van der Waals surface area contributed by atoms with E-state index in [4.69, 9.17) is 0 Å². The van der Waals surface area contributed by atoms with Crippen LogP contribution in [0.15, 0.2) is 40.3 Å². The fourth-order valence-electron chi connectivity index (χ4n) is 1.05. The summed E-state index contributed by atoms with van der Waals surface area (Å²) in [5, 5.41) is 0. The van der Waals surface area contributed by atoms with Crippen LogP contribution in [0.3, 0.4) is 0 Å². The normalized spacial score (nSPS) is 15.1. The van der Waals surface area contributed by atoms with Crippen molar-refractivity contribution in [1.29, 1.82) is 0 Å². The van der Waals surface area contributed by atoms with Crippen LogP contribution in [0.4, 0.5) is 0 Å². The molecule has 2 heteroatoms. The number of hydrogen-bond donors (Lipinski definition) is 0. The van der Waals surface area contributed by atoms with Crippen molar-refractivity contribution in [2.75, 3.05) is 6.54 Å². The van der Waals surface area contributed by atoms with Gasteiger partial charge in [0, 0.05) is 11.8 Å². The predicted molar refractivity (Wildman–Crippen MR) is 46.3 cm³/mol. The van der Waals surface area contributed by atoms with E-state index in [9.17, 15) is 0 Å². The summed E-state index contributed by atoms with van der Waals surface area (Å²) in [6.07, 6.45) is 1.82. The SMILES string of the molecule is C1=NC(c2ccccc2)=NC1. The predicted octanol–water partition coefficient (Wildman–Crippen LogP) is 1.52. The van der Waals surface area contributed by atoms with Gasteiger partial charge in [0.05, 0.1) is 6.54 Å². The third-order valence-electron chi connectivity index (χ3n) is 1.57. The molecule has 0 aliphatic carbocycles. The van der Waals surface area contributed by atoms with E-state index >= 15 is 0 Å². The molecule has 0 aromatic heterocycles. The van der Waals surface area contributed by atoms with Crippen LogP contribution >= 0.6 is 0 Å². The summed E-state index contributed by atoms with van der Waals surface area (Å²) in [4.78, 5) is 8.33. The molecule has 0 bridgehead atoms. The topological polar surface area (TPSA) is 24.7 Å². The van der Waals surface area contributed by atoms with Crippen LogP contribution in [0, 0.1) is 0 Å². The Balaban J connectivity index is 2.37. The van der Waals surface area contributed by atoms with E-state index in [1.807, 2.05) is 36.5 Å². The summed E-state index contributed by atoms with van der Waals surface area (Å²) in [5.74, 6) is 0.852. The lowest BCUT2D eigenvalue weighted by molar-refractivity contribution is 1.35. The van der Waals surface area contributed by atoms with Gasteiger partial charge in [-0.2, -0.15) is 0 Å². The summed E-state index contributed by atoms with van der Waals surface area (Å²) < 4.78 is 0. The highest BCUT2D eigenvalue weighted by Gasteiger charge is 2.01. The summed E-state index contributed by atoms with van der Waals surface area (Å²) in [7, 11) is 0. The van der Waals surface area contributed by atoms with Crippen LogP contribution in [0.25, 0.3) is 0 Å². The fraction of sp³-hybridized carbons (Fsp3) is 0.111. The Hall–Kier alpha value is -1.44. The van der Waals surface area contributed by atoms with Crippen LogP contribution in [0.5, 0.6) is 0 Å². The average Bonchev–Trinajstić information content (AvgIpc) is 2.58. The van der Waals surface area contributed by atoms with Gasteiger partial charge in [0.15, 0.2) is 5.84 Å². The van der Waals surface area contributed by atoms with Crippen LogP contribution in [-0.4, -0.2) is 18.6 Å². The number of nitrogens with zero attached hydrogens (tertiary/aromatic N) is 2. The molecule has 0 spiro atoms. The molecule has 1 heterocycles. The number of aliphatic imine (C=N–C) groups is 2. The molecule has 0 atom stereocenters. The first-order valence-electron chi connectivity index (χ1n) is 3.59. The Labute approximate surface area is 65.3 Å². The molecule has 1 aromatic carbocycles. The van der Waals surface area contributed by atoms with Crippen LogP contribution < -0.4 is 0 Å². The summed E-state index contributed by atoms with van der Waals surface area (Å²) in [6.45, 7) is 0.726. The standard InChI is InChI=1S/C9H8N2/c1-2-4-8(5-3-1)9-10-6-7-11-9/h1-6H,7H2. The molecule has 1 aliphatic heterocycles. The lowest BCUT2D eigenvalue weighted by atomic mass is 10.2.